The third-order valence-corrected chi connectivity index (χ3v) is 3.81. The fraction of sp³-hybridized carbons (Fsp3) is 0.154. The van der Waals surface area contributed by atoms with Crippen LogP contribution < -0.4 is 0 Å². The number of rotatable bonds is 1. The number of nitrogens with zero attached hydrogens (tertiary/aromatic N) is 2. The first-order valence-corrected chi connectivity index (χ1v) is 6.31. The van der Waals surface area contributed by atoms with Gasteiger partial charge < -0.3 is 4.57 Å². The van der Waals surface area contributed by atoms with Crippen LogP contribution in [0.15, 0.2) is 36.4 Å². The lowest BCUT2D eigenvalue weighted by atomic mass is 10.1. The Morgan fingerprint density at radius 2 is 2.06 bits per heavy atom. The predicted octanol–water partition coefficient (Wildman–Crippen LogP) is 3.23. The molecule has 3 rings (SSSR count). The van der Waals surface area contributed by atoms with Gasteiger partial charge in [0.15, 0.2) is 0 Å². The first kappa shape index (κ1) is 9.56. The molecule has 2 aromatic rings. The van der Waals surface area contributed by atoms with E-state index in [0.717, 1.165) is 28.5 Å². The van der Waals surface area contributed by atoms with Gasteiger partial charge in [-0.3, -0.25) is 0 Å². The zero-order chi connectivity index (χ0) is 11.0. The molecule has 1 aromatic heterocycles. The number of nitriles is 1. The van der Waals surface area contributed by atoms with Crippen molar-refractivity contribution < 1.29 is 0 Å². The monoisotopic (exact) mass is 226 g/mol. The van der Waals surface area contributed by atoms with Crippen LogP contribution in [0.5, 0.6) is 0 Å². The van der Waals surface area contributed by atoms with Crippen molar-refractivity contribution in [3.63, 3.8) is 0 Å². The van der Waals surface area contributed by atoms with Gasteiger partial charge in [0.05, 0.1) is 23.2 Å². The summed E-state index contributed by atoms with van der Waals surface area (Å²) in [5.74, 6) is 2.08. The summed E-state index contributed by atoms with van der Waals surface area (Å²) in [4.78, 5) is 0. The highest BCUT2D eigenvalue weighted by Crippen LogP contribution is 2.33. The Morgan fingerprint density at radius 1 is 1.19 bits per heavy atom. The Balaban J connectivity index is 2.20. The molecule has 0 N–H and O–H groups in total. The highest BCUT2D eigenvalue weighted by molar-refractivity contribution is 7.97. The molecule has 2 heterocycles. The van der Waals surface area contributed by atoms with Crippen LogP contribution in [0.25, 0.3) is 11.3 Å². The van der Waals surface area contributed by atoms with E-state index in [9.17, 15) is 0 Å². The van der Waals surface area contributed by atoms with Gasteiger partial charge >= 0.3 is 0 Å². The fourth-order valence-corrected chi connectivity index (χ4v) is 3.11. The van der Waals surface area contributed by atoms with Crippen LogP contribution in [0.1, 0.15) is 11.3 Å². The molecule has 3 heteroatoms. The predicted molar refractivity (Wildman–Crippen MR) is 65.9 cm³/mol. The maximum Gasteiger partial charge on any atom is 0.0998 e. The van der Waals surface area contributed by atoms with Crippen molar-refractivity contribution in [2.24, 2.45) is 0 Å². The van der Waals surface area contributed by atoms with Gasteiger partial charge in [-0.1, -0.05) is 18.2 Å². The minimum Gasteiger partial charge on any atom is -0.334 e. The summed E-state index contributed by atoms with van der Waals surface area (Å²) in [6.45, 7) is 0. The summed E-state index contributed by atoms with van der Waals surface area (Å²) in [6.07, 6.45) is 0. The van der Waals surface area contributed by atoms with Gasteiger partial charge in [-0.25, -0.2) is 0 Å². The standard InChI is InChI=1S/C13H10N2S/c14-7-10-3-1-2-4-12(10)13-6-5-11-8-16-9-15(11)13/h1-6H,8-9H2. The average molecular weight is 226 g/mol. The second-order valence-corrected chi connectivity index (χ2v) is 4.73. The van der Waals surface area contributed by atoms with Crippen LogP contribution in [-0.4, -0.2) is 4.57 Å². The molecule has 0 amide bonds. The van der Waals surface area contributed by atoms with Gasteiger partial charge in [-0.15, -0.1) is 11.8 Å². The van der Waals surface area contributed by atoms with E-state index in [2.05, 4.69) is 22.8 Å². The first-order chi connectivity index (χ1) is 7.90. The molecule has 0 spiro atoms. The lowest BCUT2D eigenvalue weighted by molar-refractivity contribution is 0.897. The second-order valence-electron chi connectivity index (χ2n) is 3.77. The highest BCUT2D eigenvalue weighted by atomic mass is 32.2. The summed E-state index contributed by atoms with van der Waals surface area (Å²) in [5.41, 5.74) is 4.31. The van der Waals surface area contributed by atoms with Crippen molar-refractivity contribution in [2.45, 2.75) is 11.6 Å². The van der Waals surface area contributed by atoms with Crippen LogP contribution in [0.4, 0.5) is 0 Å². The molecule has 0 bridgehead atoms. The van der Waals surface area contributed by atoms with E-state index < -0.39 is 0 Å². The van der Waals surface area contributed by atoms with E-state index in [-0.39, 0.29) is 0 Å². The van der Waals surface area contributed by atoms with Crippen molar-refractivity contribution in [3.05, 3.63) is 47.7 Å². The molecule has 0 unspecified atom stereocenters. The van der Waals surface area contributed by atoms with Crippen LogP contribution >= 0.6 is 11.8 Å². The molecule has 16 heavy (non-hydrogen) atoms. The van der Waals surface area contributed by atoms with E-state index in [4.69, 9.17) is 5.26 Å². The van der Waals surface area contributed by atoms with Gasteiger partial charge in [0.25, 0.3) is 0 Å². The molecule has 1 aliphatic heterocycles. The Morgan fingerprint density at radius 3 is 2.94 bits per heavy atom. The van der Waals surface area contributed by atoms with Gasteiger partial charge in [-0.2, -0.15) is 5.26 Å². The quantitative estimate of drug-likeness (QED) is 0.747. The lowest BCUT2D eigenvalue weighted by Gasteiger charge is -2.07. The topological polar surface area (TPSA) is 28.7 Å². The highest BCUT2D eigenvalue weighted by Gasteiger charge is 2.16. The largest absolute Gasteiger partial charge is 0.334 e. The van der Waals surface area contributed by atoms with Crippen LogP contribution in [0.2, 0.25) is 0 Å². The van der Waals surface area contributed by atoms with Crippen LogP contribution in [-0.2, 0) is 11.6 Å². The molecule has 0 atom stereocenters. The van der Waals surface area contributed by atoms with Gasteiger partial charge in [0, 0.05) is 17.0 Å². The second kappa shape index (κ2) is 3.73. The van der Waals surface area contributed by atoms with Gasteiger partial charge in [0.1, 0.15) is 0 Å². The Hall–Kier alpha value is -1.66. The maximum absolute atomic E-state index is 9.10. The number of fused-ring (bicyclic) bond motifs is 1. The lowest BCUT2D eigenvalue weighted by Crippen LogP contribution is -1.95. The van der Waals surface area contributed by atoms with Crippen molar-refractivity contribution in [1.29, 1.82) is 5.26 Å². The number of aromatic nitrogens is 1. The molecule has 78 valence electrons. The van der Waals surface area contributed by atoms with E-state index >= 15 is 0 Å². The molecule has 0 saturated heterocycles. The Kier molecular flexibility index (Phi) is 2.23. The van der Waals surface area contributed by atoms with E-state index in [1.54, 1.807) is 0 Å². The molecule has 0 aliphatic carbocycles. The third-order valence-electron chi connectivity index (χ3n) is 2.86. The first-order valence-electron chi connectivity index (χ1n) is 5.16. The smallest absolute Gasteiger partial charge is 0.0998 e. The Labute approximate surface area is 98.5 Å². The van der Waals surface area contributed by atoms with Gasteiger partial charge in [0.2, 0.25) is 0 Å². The number of thioether (sulfide) groups is 1. The SMILES string of the molecule is N#Cc1ccccc1-c1ccc2n1CSC2. The van der Waals surface area contributed by atoms with Crippen molar-refractivity contribution in [3.8, 4) is 17.3 Å². The fourth-order valence-electron chi connectivity index (χ4n) is 2.07. The average Bonchev–Trinajstić information content (AvgIpc) is 2.91. The number of hydrogen-bond acceptors (Lipinski definition) is 2. The van der Waals surface area contributed by atoms with Crippen LogP contribution in [0, 0.1) is 11.3 Å². The minimum atomic E-state index is 0.750. The molecule has 0 fully saturated rings. The van der Waals surface area contributed by atoms with Crippen molar-refractivity contribution >= 4 is 11.8 Å². The molecule has 2 nitrogen and oxygen atoms in total. The summed E-state index contributed by atoms with van der Waals surface area (Å²) in [6, 6.07) is 14.3. The molecular formula is C13H10N2S. The summed E-state index contributed by atoms with van der Waals surface area (Å²) >= 11 is 1.91. The summed E-state index contributed by atoms with van der Waals surface area (Å²) in [5, 5.41) is 9.10. The molecule has 0 radical (unpaired) electrons. The molecule has 0 saturated carbocycles. The number of benzene rings is 1. The Bertz CT molecular complexity index is 578. The zero-order valence-electron chi connectivity index (χ0n) is 8.68. The normalized spacial score (nSPS) is 13.4. The van der Waals surface area contributed by atoms with E-state index in [1.165, 1.54) is 5.69 Å². The van der Waals surface area contributed by atoms with Crippen molar-refractivity contribution in [1.82, 2.24) is 4.57 Å². The van der Waals surface area contributed by atoms with E-state index in [0.29, 0.717) is 0 Å². The van der Waals surface area contributed by atoms with Crippen molar-refractivity contribution in [2.75, 3.05) is 0 Å². The summed E-state index contributed by atoms with van der Waals surface area (Å²) < 4.78 is 2.29. The minimum absolute atomic E-state index is 0.750. The molecular weight excluding hydrogens is 216 g/mol. The molecule has 1 aliphatic rings. The zero-order valence-corrected chi connectivity index (χ0v) is 9.50. The maximum atomic E-state index is 9.10. The summed E-state index contributed by atoms with van der Waals surface area (Å²) in [7, 11) is 0. The van der Waals surface area contributed by atoms with E-state index in [1.807, 2.05) is 36.0 Å². The van der Waals surface area contributed by atoms with Gasteiger partial charge in [-0.05, 0) is 18.2 Å². The molecule has 1 aromatic carbocycles. The van der Waals surface area contributed by atoms with Crippen LogP contribution in [0.3, 0.4) is 0 Å². The number of hydrogen-bond donors (Lipinski definition) is 0. The third kappa shape index (κ3) is 1.35.